The molecule has 1 N–H and O–H groups in total. The highest BCUT2D eigenvalue weighted by atomic mass is 16.1. The molecule has 25 heavy (non-hydrogen) atoms. The number of nitrogens with one attached hydrogen (secondary N) is 1. The second-order valence-corrected chi connectivity index (χ2v) is 6.06. The average Bonchev–Trinajstić information content (AvgIpc) is 2.69. The summed E-state index contributed by atoms with van der Waals surface area (Å²) in [7, 11) is 0. The van der Waals surface area contributed by atoms with Crippen molar-refractivity contribution in [3.8, 4) is 0 Å². The van der Waals surface area contributed by atoms with Crippen molar-refractivity contribution in [2.45, 2.75) is 25.3 Å². The molecule has 0 saturated carbocycles. The fourth-order valence-electron chi connectivity index (χ4n) is 2.90. The van der Waals surface area contributed by atoms with E-state index in [1.54, 1.807) is 24.5 Å². The second-order valence-electron chi connectivity index (χ2n) is 6.06. The SMILES string of the molecule is O=C(N[C@@H](CCCc1ccccc1)c1ccccc1)c1cccnc1. The molecule has 2 aromatic carbocycles. The predicted octanol–water partition coefficient (Wildman–Crippen LogP) is 4.58. The van der Waals surface area contributed by atoms with Crippen LogP contribution in [0.3, 0.4) is 0 Å². The molecule has 0 aliphatic heterocycles. The van der Waals surface area contributed by atoms with Gasteiger partial charge in [0.05, 0.1) is 11.6 Å². The Morgan fingerprint density at radius 3 is 2.32 bits per heavy atom. The Labute approximate surface area is 148 Å². The maximum absolute atomic E-state index is 12.5. The van der Waals surface area contributed by atoms with Crippen LogP contribution in [0.15, 0.2) is 85.2 Å². The molecule has 0 radical (unpaired) electrons. The highest BCUT2D eigenvalue weighted by molar-refractivity contribution is 5.94. The van der Waals surface area contributed by atoms with Gasteiger partial charge in [-0.2, -0.15) is 0 Å². The third-order valence-corrected chi connectivity index (χ3v) is 4.23. The van der Waals surface area contributed by atoms with E-state index in [4.69, 9.17) is 0 Å². The van der Waals surface area contributed by atoms with Crippen molar-refractivity contribution in [1.82, 2.24) is 10.3 Å². The topological polar surface area (TPSA) is 42.0 Å². The van der Waals surface area contributed by atoms with Crippen LogP contribution in [0.25, 0.3) is 0 Å². The van der Waals surface area contributed by atoms with Gasteiger partial charge in [0.1, 0.15) is 0 Å². The molecule has 0 saturated heterocycles. The molecule has 0 aliphatic rings. The van der Waals surface area contributed by atoms with Crippen molar-refractivity contribution in [1.29, 1.82) is 0 Å². The molecule has 0 bridgehead atoms. The van der Waals surface area contributed by atoms with E-state index in [-0.39, 0.29) is 11.9 Å². The molecule has 0 aliphatic carbocycles. The first-order chi connectivity index (χ1) is 12.3. The number of amides is 1. The molecule has 1 heterocycles. The van der Waals surface area contributed by atoms with E-state index < -0.39 is 0 Å². The van der Waals surface area contributed by atoms with Crippen LogP contribution >= 0.6 is 0 Å². The normalized spacial score (nSPS) is 11.7. The predicted molar refractivity (Wildman–Crippen MR) is 100 cm³/mol. The van der Waals surface area contributed by atoms with Crippen LogP contribution in [-0.4, -0.2) is 10.9 Å². The molecule has 126 valence electrons. The molecular weight excluding hydrogens is 308 g/mol. The zero-order valence-electron chi connectivity index (χ0n) is 14.1. The largest absolute Gasteiger partial charge is 0.345 e. The number of carbonyl (C=O) groups excluding carboxylic acids is 1. The van der Waals surface area contributed by atoms with Gasteiger partial charge in [-0.25, -0.2) is 0 Å². The van der Waals surface area contributed by atoms with Crippen LogP contribution in [-0.2, 0) is 6.42 Å². The number of pyridine rings is 1. The lowest BCUT2D eigenvalue weighted by Crippen LogP contribution is -2.28. The minimum atomic E-state index is -0.0818. The molecule has 0 unspecified atom stereocenters. The van der Waals surface area contributed by atoms with E-state index in [0.29, 0.717) is 5.56 Å². The van der Waals surface area contributed by atoms with Gasteiger partial charge in [0, 0.05) is 12.4 Å². The summed E-state index contributed by atoms with van der Waals surface area (Å²) in [5.41, 5.74) is 3.05. The van der Waals surface area contributed by atoms with Crippen molar-refractivity contribution >= 4 is 5.91 Å². The molecule has 1 atom stereocenters. The molecule has 0 fully saturated rings. The summed E-state index contributed by atoms with van der Waals surface area (Å²) < 4.78 is 0. The minimum absolute atomic E-state index is 0.00221. The van der Waals surface area contributed by atoms with Crippen LogP contribution < -0.4 is 5.32 Å². The molecular formula is C22H22N2O. The Hall–Kier alpha value is -2.94. The van der Waals surface area contributed by atoms with E-state index in [9.17, 15) is 4.79 Å². The molecule has 3 nitrogen and oxygen atoms in total. The lowest BCUT2D eigenvalue weighted by atomic mass is 9.98. The van der Waals surface area contributed by atoms with Gasteiger partial charge in [0.25, 0.3) is 5.91 Å². The highest BCUT2D eigenvalue weighted by Gasteiger charge is 2.15. The Balaban J connectivity index is 1.66. The van der Waals surface area contributed by atoms with E-state index in [0.717, 1.165) is 24.8 Å². The third kappa shape index (κ3) is 5.01. The minimum Gasteiger partial charge on any atom is -0.345 e. The Bertz CT molecular complexity index is 773. The van der Waals surface area contributed by atoms with E-state index in [2.05, 4.69) is 46.7 Å². The number of aromatic nitrogens is 1. The fraction of sp³-hybridized carbons (Fsp3) is 0.182. The average molecular weight is 330 g/mol. The van der Waals surface area contributed by atoms with E-state index in [1.807, 2.05) is 24.3 Å². The summed E-state index contributed by atoms with van der Waals surface area (Å²) in [6.45, 7) is 0. The number of benzene rings is 2. The number of hydrogen-bond acceptors (Lipinski definition) is 2. The maximum atomic E-state index is 12.5. The number of nitrogens with zero attached hydrogens (tertiary/aromatic N) is 1. The highest BCUT2D eigenvalue weighted by Crippen LogP contribution is 2.20. The van der Waals surface area contributed by atoms with Gasteiger partial charge in [-0.15, -0.1) is 0 Å². The van der Waals surface area contributed by atoms with Gasteiger partial charge in [-0.05, 0) is 42.5 Å². The lowest BCUT2D eigenvalue weighted by Gasteiger charge is -2.19. The Kier molecular flexibility index (Phi) is 5.94. The fourth-order valence-corrected chi connectivity index (χ4v) is 2.90. The van der Waals surface area contributed by atoms with Gasteiger partial charge < -0.3 is 5.32 Å². The Morgan fingerprint density at radius 2 is 1.64 bits per heavy atom. The van der Waals surface area contributed by atoms with E-state index in [1.165, 1.54) is 5.56 Å². The smallest absolute Gasteiger partial charge is 0.253 e. The molecule has 3 aromatic rings. The van der Waals surface area contributed by atoms with Gasteiger partial charge in [0.15, 0.2) is 0 Å². The number of hydrogen-bond donors (Lipinski definition) is 1. The quantitative estimate of drug-likeness (QED) is 0.689. The van der Waals surface area contributed by atoms with Gasteiger partial charge in [-0.1, -0.05) is 60.7 Å². The third-order valence-electron chi connectivity index (χ3n) is 4.23. The second kappa shape index (κ2) is 8.78. The summed E-state index contributed by atoms with van der Waals surface area (Å²) >= 11 is 0. The number of aryl methyl sites for hydroxylation is 1. The van der Waals surface area contributed by atoms with Crippen molar-refractivity contribution < 1.29 is 4.79 Å². The van der Waals surface area contributed by atoms with Crippen molar-refractivity contribution in [3.63, 3.8) is 0 Å². The molecule has 3 rings (SSSR count). The molecule has 0 spiro atoms. The standard InChI is InChI=1S/C22H22N2O/c25-22(20-14-8-16-23-17-20)24-21(19-12-5-2-6-13-19)15-7-11-18-9-3-1-4-10-18/h1-6,8-10,12-14,16-17,21H,7,11,15H2,(H,24,25)/t21-/m0/s1. The van der Waals surface area contributed by atoms with Crippen molar-refractivity contribution in [2.24, 2.45) is 0 Å². The van der Waals surface area contributed by atoms with Crippen molar-refractivity contribution in [2.75, 3.05) is 0 Å². The monoisotopic (exact) mass is 330 g/mol. The van der Waals surface area contributed by atoms with Crippen LogP contribution in [0.5, 0.6) is 0 Å². The van der Waals surface area contributed by atoms with Gasteiger partial charge in [0.2, 0.25) is 0 Å². The van der Waals surface area contributed by atoms with Crippen LogP contribution in [0, 0.1) is 0 Å². The molecule has 1 amide bonds. The Morgan fingerprint density at radius 1 is 0.920 bits per heavy atom. The number of rotatable bonds is 7. The molecule has 3 heteroatoms. The zero-order valence-corrected chi connectivity index (χ0v) is 14.1. The first-order valence-corrected chi connectivity index (χ1v) is 8.63. The van der Waals surface area contributed by atoms with Crippen molar-refractivity contribution in [3.05, 3.63) is 102 Å². The zero-order chi connectivity index (χ0) is 17.3. The van der Waals surface area contributed by atoms with Crippen LogP contribution in [0.2, 0.25) is 0 Å². The summed E-state index contributed by atoms with van der Waals surface area (Å²) in [5.74, 6) is -0.0818. The summed E-state index contributed by atoms with van der Waals surface area (Å²) in [6, 6.07) is 24.2. The molecule has 1 aromatic heterocycles. The summed E-state index contributed by atoms with van der Waals surface area (Å²) in [6.07, 6.45) is 6.18. The van der Waals surface area contributed by atoms with E-state index >= 15 is 0 Å². The number of carbonyl (C=O) groups is 1. The van der Waals surface area contributed by atoms with Gasteiger partial charge in [-0.3, -0.25) is 9.78 Å². The lowest BCUT2D eigenvalue weighted by molar-refractivity contribution is 0.0934. The maximum Gasteiger partial charge on any atom is 0.253 e. The first kappa shape index (κ1) is 16.9. The van der Waals surface area contributed by atoms with Gasteiger partial charge >= 0.3 is 0 Å². The van der Waals surface area contributed by atoms with Crippen LogP contribution in [0.1, 0.15) is 40.4 Å². The summed E-state index contributed by atoms with van der Waals surface area (Å²) in [4.78, 5) is 16.5. The first-order valence-electron chi connectivity index (χ1n) is 8.63. The summed E-state index contributed by atoms with van der Waals surface area (Å²) in [5, 5.41) is 3.16. The van der Waals surface area contributed by atoms with Crippen LogP contribution in [0.4, 0.5) is 0 Å².